The minimum atomic E-state index is -0.371. The highest BCUT2D eigenvalue weighted by Gasteiger charge is 2.20. The van der Waals surface area contributed by atoms with Crippen LogP contribution in [0.2, 0.25) is 0 Å². The maximum absolute atomic E-state index is 12.2. The lowest BCUT2D eigenvalue weighted by Gasteiger charge is -2.26. The second kappa shape index (κ2) is 6.53. The van der Waals surface area contributed by atoms with E-state index in [1.807, 2.05) is 13.8 Å². The number of rotatable bonds is 5. The summed E-state index contributed by atoms with van der Waals surface area (Å²) < 4.78 is 0. The summed E-state index contributed by atoms with van der Waals surface area (Å²) in [4.78, 5) is 24.6. The van der Waals surface area contributed by atoms with Crippen molar-refractivity contribution in [2.45, 2.75) is 26.3 Å². The molecule has 0 aliphatic heterocycles. The van der Waals surface area contributed by atoms with E-state index in [9.17, 15) is 9.59 Å². The van der Waals surface area contributed by atoms with Crippen LogP contribution in [0.4, 0.5) is 0 Å². The average Bonchev–Trinajstić information content (AvgIpc) is 2.38. The molecule has 0 spiro atoms. The Morgan fingerprint density at radius 2 is 2.26 bits per heavy atom. The molecule has 1 aromatic heterocycles. The average molecular weight is 267 g/mol. The Morgan fingerprint density at radius 1 is 1.58 bits per heavy atom. The van der Waals surface area contributed by atoms with Crippen LogP contribution in [0.15, 0.2) is 22.1 Å². The third kappa shape index (κ3) is 4.09. The van der Waals surface area contributed by atoms with Crippen LogP contribution >= 0.6 is 0 Å². The van der Waals surface area contributed by atoms with E-state index in [1.54, 1.807) is 0 Å². The zero-order valence-electron chi connectivity index (χ0n) is 10.8. The molecule has 0 aliphatic carbocycles. The van der Waals surface area contributed by atoms with Gasteiger partial charge in [0.05, 0.1) is 0 Å². The third-order valence-corrected chi connectivity index (χ3v) is 2.52. The first-order chi connectivity index (χ1) is 8.95. The van der Waals surface area contributed by atoms with Gasteiger partial charge in [-0.1, -0.05) is 5.16 Å². The minimum Gasteiger partial charge on any atom is -0.409 e. The van der Waals surface area contributed by atoms with Gasteiger partial charge in [0, 0.05) is 25.1 Å². The van der Waals surface area contributed by atoms with Gasteiger partial charge in [-0.25, -0.2) is 5.10 Å². The molecule has 0 bridgehead atoms. The van der Waals surface area contributed by atoms with Gasteiger partial charge in [0.15, 0.2) is 0 Å². The Kier molecular flexibility index (Phi) is 5.04. The summed E-state index contributed by atoms with van der Waals surface area (Å²) in [5.74, 6) is -0.273. The zero-order valence-corrected chi connectivity index (χ0v) is 10.8. The molecule has 0 saturated carbocycles. The molecule has 0 aromatic carbocycles. The molecule has 8 nitrogen and oxygen atoms in total. The Morgan fingerprint density at radius 3 is 2.74 bits per heavy atom. The Hall–Kier alpha value is -2.38. The van der Waals surface area contributed by atoms with E-state index < -0.39 is 0 Å². The van der Waals surface area contributed by atoms with E-state index in [1.165, 1.54) is 17.0 Å². The summed E-state index contributed by atoms with van der Waals surface area (Å²) in [6, 6.07) is 2.52. The van der Waals surface area contributed by atoms with E-state index >= 15 is 0 Å². The molecule has 1 rings (SSSR count). The van der Waals surface area contributed by atoms with Crippen LogP contribution < -0.4 is 11.3 Å². The standard InChI is InChI=1S/C11H17N5O3/c1-7(2)16(6-5-9(12)15-19)11(18)8-3-4-10(17)14-13-8/h3-4,7,19H,5-6H2,1-2H3,(H2,12,15)(H,14,17). The van der Waals surface area contributed by atoms with Gasteiger partial charge in [-0.3, -0.25) is 9.59 Å². The number of hydrogen-bond acceptors (Lipinski definition) is 5. The van der Waals surface area contributed by atoms with Crippen molar-refractivity contribution in [3.8, 4) is 0 Å². The van der Waals surface area contributed by atoms with Crippen molar-refractivity contribution < 1.29 is 10.0 Å². The minimum absolute atomic E-state index is 0.0490. The lowest BCUT2D eigenvalue weighted by atomic mass is 10.2. The largest absolute Gasteiger partial charge is 0.409 e. The highest BCUT2D eigenvalue weighted by molar-refractivity contribution is 5.92. The fourth-order valence-electron chi connectivity index (χ4n) is 1.49. The molecule has 19 heavy (non-hydrogen) atoms. The van der Waals surface area contributed by atoms with Gasteiger partial charge in [-0.05, 0) is 19.9 Å². The maximum atomic E-state index is 12.2. The van der Waals surface area contributed by atoms with Gasteiger partial charge in [0.2, 0.25) is 0 Å². The molecule has 8 heteroatoms. The van der Waals surface area contributed by atoms with Gasteiger partial charge < -0.3 is 15.8 Å². The Bertz CT molecular complexity index is 503. The zero-order chi connectivity index (χ0) is 14.4. The predicted molar refractivity (Wildman–Crippen MR) is 69.1 cm³/mol. The smallest absolute Gasteiger partial charge is 0.274 e. The number of carbonyl (C=O) groups is 1. The number of carbonyl (C=O) groups excluding carboxylic acids is 1. The lowest BCUT2D eigenvalue weighted by molar-refractivity contribution is 0.0703. The monoisotopic (exact) mass is 267 g/mol. The number of amidine groups is 1. The second-order valence-electron chi connectivity index (χ2n) is 4.24. The summed E-state index contributed by atoms with van der Waals surface area (Å²) in [6.45, 7) is 3.99. The fourth-order valence-corrected chi connectivity index (χ4v) is 1.49. The highest BCUT2D eigenvalue weighted by atomic mass is 16.4. The lowest BCUT2D eigenvalue weighted by Crippen LogP contribution is -2.39. The van der Waals surface area contributed by atoms with Crippen molar-refractivity contribution in [2.24, 2.45) is 10.9 Å². The van der Waals surface area contributed by atoms with E-state index in [-0.39, 0.29) is 35.5 Å². The summed E-state index contributed by atoms with van der Waals surface area (Å²) in [5.41, 5.74) is 5.15. The number of oxime groups is 1. The third-order valence-electron chi connectivity index (χ3n) is 2.52. The molecule has 0 aliphatic rings. The van der Waals surface area contributed by atoms with E-state index in [4.69, 9.17) is 10.9 Å². The Balaban J connectivity index is 2.84. The molecule has 0 atom stereocenters. The molecule has 104 valence electrons. The number of aromatic amines is 1. The van der Waals surface area contributed by atoms with Gasteiger partial charge in [-0.2, -0.15) is 5.10 Å². The number of nitrogens with two attached hydrogens (primary N) is 1. The van der Waals surface area contributed by atoms with Crippen molar-refractivity contribution in [1.82, 2.24) is 15.1 Å². The molecule has 0 unspecified atom stereocenters. The van der Waals surface area contributed by atoms with Crippen LogP contribution in [0, 0.1) is 0 Å². The quantitative estimate of drug-likeness (QED) is 0.294. The molecule has 0 fully saturated rings. The van der Waals surface area contributed by atoms with Gasteiger partial charge >= 0.3 is 0 Å². The molecule has 0 saturated heterocycles. The van der Waals surface area contributed by atoms with Gasteiger partial charge in [0.25, 0.3) is 11.5 Å². The first-order valence-electron chi connectivity index (χ1n) is 5.78. The van der Waals surface area contributed by atoms with E-state index in [2.05, 4.69) is 15.4 Å². The van der Waals surface area contributed by atoms with Crippen LogP contribution in [0.1, 0.15) is 30.8 Å². The molecular weight excluding hydrogens is 250 g/mol. The number of amides is 1. The van der Waals surface area contributed by atoms with Crippen LogP contribution in [0.3, 0.4) is 0 Å². The number of nitrogens with zero attached hydrogens (tertiary/aromatic N) is 3. The molecule has 1 aromatic rings. The molecule has 0 radical (unpaired) electrons. The van der Waals surface area contributed by atoms with Crippen molar-refractivity contribution in [2.75, 3.05) is 6.54 Å². The van der Waals surface area contributed by atoms with Crippen LogP contribution in [0.5, 0.6) is 0 Å². The number of hydrogen-bond donors (Lipinski definition) is 3. The highest BCUT2D eigenvalue weighted by Crippen LogP contribution is 2.06. The summed E-state index contributed by atoms with van der Waals surface area (Å²) in [7, 11) is 0. The molecular formula is C11H17N5O3. The van der Waals surface area contributed by atoms with E-state index in [0.29, 0.717) is 6.54 Å². The summed E-state index contributed by atoms with van der Waals surface area (Å²) >= 11 is 0. The molecule has 1 heterocycles. The van der Waals surface area contributed by atoms with Crippen molar-refractivity contribution in [1.29, 1.82) is 0 Å². The first-order valence-corrected chi connectivity index (χ1v) is 5.78. The van der Waals surface area contributed by atoms with E-state index in [0.717, 1.165) is 0 Å². The van der Waals surface area contributed by atoms with Crippen LogP contribution in [-0.4, -0.2) is 44.6 Å². The predicted octanol–water partition coefficient (Wildman–Crippen LogP) is -0.243. The van der Waals surface area contributed by atoms with Crippen molar-refractivity contribution in [3.05, 3.63) is 28.2 Å². The topological polar surface area (TPSA) is 125 Å². The maximum Gasteiger partial charge on any atom is 0.274 e. The number of nitrogens with one attached hydrogen (secondary N) is 1. The number of H-pyrrole nitrogens is 1. The fraction of sp³-hybridized carbons (Fsp3) is 0.455. The van der Waals surface area contributed by atoms with Crippen molar-refractivity contribution >= 4 is 11.7 Å². The SMILES string of the molecule is CC(C)N(CC/C(N)=N/O)C(=O)c1ccc(=O)[nH]n1. The molecule has 1 amide bonds. The Labute approximate surface area is 109 Å². The summed E-state index contributed by atoms with van der Waals surface area (Å²) in [5, 5.41) is 17.2. The van der Waals surface area contributed by atoms with Gasteiger partial charge in [0.1, 0.15) is 11.5 Å². The normalized spacial score (nSPS) is 11.6. The van der Waals surface area contributed by atoms with Gasteiger partial charge in [-0.15, -0.1) is 0 Å². The van der Waals surface area contributed by atoms with Crippen molar-refractivity contribution in [3.63, 3.8) is 0 Å². The number of aromatic nitrogens is 2. The van der Waals surface area contributed by atoms with Crippen LogP contribution in [0.25, 0.3) is 0 Å². The van der Waals surface area contributed by atoms with Crippen LogP contribution in [-0.2, 0) is 0 Å². The molecule has 4 N–H and O–H groups in total. The first kappa shape index (κ1) is 14.7. The summed E-state index contributed by atoms with van der Waals surface area (Å²) in [6.07, 6.45) is 0.254. The second-order valence-corrected chi connectivity index (χ2v) is 4.24.